The highest BCUT2D eigenvalue weighted by atomic mass is 32.3. The van der Waals surface area contributed by atoms with Crippen LogP contribution in [0.25, 0.3) is 0 Å². The molecule has 750 valence electrons. The Morgan fingerprint density at radius 3 is 1.62 bits per heavy atom. The first-order chi connectivity index (χ1) is 66.9. The van der Waals surface area contributed by atoms with Crippen LogP contribution in [0.1, 0.15) is 168 Å². The topological polar surface area (TPSA) is 422 Å². The van der Waals surface area contributed by atoms with Crippen LogP contribution in [0, 0.1) is 28.6 Å². The Bertz CT molecular complexity index is 6360. The molecule has 2 unspecified atom stereocenters. The lowest BCUT2D eigenvalue weighted by Crippen LogP contribution is -2.60. The van der Waals surface area contributed by atoms with Crippen molar-refractivity contribution in [1.82, 2.24) is 35.4 Å². The highest BCUT2D eigenvalue weighted by Crippen LogP contribution is 2.44. The normalized spacial score (nSPS) is 18.1. The van der Waals surface area contributed by atoms with E-state index in [0.29, 0.717) is 139 Å². The van der Waals surface area contributed by atoms with Crippen LogP contribution in [-0.2, 0) is 105 Å². The van der Waals surface area contributed by atoms with Gasteiger partial charge in [0, 0.05) is 136 Å². The number of hydrogen-bond donors (Lipinski definition) is 6. The molecule has 5 aliphatic rings. The number of aryl methyl sites for hydroxylation is 1. The maximum Gasteiger partial charge on any atom is 0.501 e. The third-order valence-corrected chi connectivity index (χ3v) is 29.3. The lowest BCUT2D eigenvalue weighted by Gasteiger charge is -2.39. The van der Waals surface area contributed by atoms with Crippen molar-refractivity contribution in [2.75, 3.05) is 86.8 Å². The van der Waals surface area contributed by atoms with Crippen LogP contribution in [0.2, 0.25) is 0 Å². The van der Waals surface area contributed by atoms with E-state index in [4.69, 9.17) is 61.0 Å². The number of ether oxygens (including phenoxy) is 9. The second kappa shape index (κ2) is 43.5. The number of hydrogen-bond acceptors (Lipinski definition) is 30. The molecule has 3 aromatic heterocycles. The van der Waals surface area contributed by atoms with Gasteiger partial charge >= 0.3 is 10.4 Å². The number of sulfone groups is 1. The summed E-state index contributed by atoms with van der Waals surface area (Å²) in [4.78, 5) is 84.8. The molecule has 6 N–H and O–H groups in total. The number of methoxy groups -OCH3 is 2. The number of benzene rings is 7. The number of ketones is 1. The van der Waals surface area contributed by atoms with E-state index in [0.717, 1.165) is 45.0 Å². The number of nitrogens with one attached hydrogen (secondary N) is 2. The van der Waals surface area contributed by atoms with Gasteiger partial charge in [-0.25, -0.2) is 8.42 Å². The molecule has 7 atom stereocenters. The number of thiophene rings is 2. The van der Waals surface area contributed by atoms with E-state index >= 15 is 0 Å². The van der Waals surface area contributed by atoms with Crippen molar-refractivity contribution in [3.63, 3.8) is 0 Å². The first kappa shape index (κ1) is 103. The standard InChI is InChI=1S/C103H120N10O24S4/c1-63-14-25-77(26-15-63)140(123,124)33-30-82(115)68-18-20-69(21-19-68)95(119)106-55-100(2,3)59-131-62-103(8,9)61-129-54-73-48-110(109-108-73)57-102(6,7)60-130-58-101(4,5)56-107-96(120)70-22-27-83(134-99-94(118)93(117)92(116)89(51-114)135-99)88(37-70)137-141(125,126)136-76-23-16-64(17-24-76)49-113(10,11)50-65-34-66(52-132-86-42-80-78(40-84(86)127-12)97(121)111-46-71-28-31-138-90(71)38-74(111)44-104-80)36-67(35-65)53-133-87-43-81-79(41-85(87)128-13)98(122)112-47-72-29-32-139-91(72)39-75(112)45-105-81/h14-29,31-32,34-37,40-45,48,74-75,89,92-94,99,114,116-118H,30,33,38-39,46-47,49-62H2,1-13H3,(H-,106,107,119,120)/p+1/t74-,75?,89?,92-,93-,94+,99+/m0/s1. The number of fused-ring (bicyclic) bond motifs is 6. The lowest BCUT2D eigenvalue weighted by molar-refractivity contribution is -0.916. The Balaban J connectivity index is 0.542. The van der Waals surface area contributed by atoms with Gasteiger partial charge in [0.15, 0.2) is 50.1 Å². The van der Waals surface area contributed by atoms with E-state index in [2.05, 4.69) is 33.1 Å². The van der Waals surface area contributed by atoms with Crippen LogP contribution in [0.4, 0.5) is 11.4 Å². The molecule has 0 saturated carbocycles. The van der Waals surface area contributed by atoms with Crippen molar-refractivity contribution in [2.24, 2.45) is 31.6 Å². The molecule has 38 heteroatoms. The van der Waals surface area contributed by atoms with Crippen molar-refractivity contribution in [3.8, 4) is 40.2 Å². The highest BCUT2D eigenvalue weighted by Gasteiger charge is 2.46. The zero-order valence-electron chi connectivity index (χ0n) is 81.1. The molecule has 8 heterocycles. The fraction of sp³-hybridized carbons (Fsp3) is 0.427. The van der Waals surface area contributed by atoms with Gasteiger partial charge in [-0.2, -0.15) is 0 Å². The number of aliphatic hydroxyl groups is 4. The molecule has 141 heavy (non-hydrogen) atoms. The summed E-state index contributed by atoms with van der Waals surface area (Å²) < 4.78 is 122. The molecule has 0 radical (unpaired) electrons. The number of aliphatic imine (C=N–C) groups is 2. The predicted octanol–water partition coefficient (Wildman–Crippen LogP) is 12.7. The summed E-state index contributed by atoms with van der Waals surface area (Å²) in [5.74, 6) is -1.68. The van der Waals surface area contributed by atoms with Gasteiger partial charge in [0.05, 0.1) is 126 Å². The number of rotatable bonds is 44. The molecule has 1 fully saturated rings. The number of aromatic nitrogens is 3. The van der Waals surface area contributed by atoms with Crippen LogP contribution in [-0.4, -0.2) is 238 Å². The van der Waals surface area contributed by atoms with Gasteiger partial charge in [-0.1, -0.05) is 90.4 Å². The number of nitrogens with zero attached hydrogens (tertiary/aromatic N) is 8. The van der Waals surface area contributed by atoms with Gasteiger partial charge in [-0.15, -0.1) is 36.2 Å². The van der Waals surface area contributed by atoms with E-state index < -0.39 is 96.6 Å². The molecule has 0 spiro atoms. The van der Waals surface area contributed by atoms with E-state index in [1.54, 1.807) is 88.0 Å². The third kappa shape index (κ3) is 26.3. The van der Waals surface area contributed by atoms with E-state index in [9.17, 15) is 61.2 Å². The van der Waals surface area contributed by atoms with Crippen LogP contribution in [0.3, 0.4) is 0 Å². The highest BCUT2D eigenvalue weighted by molar-refractivity contribution is 7.91. The number of aliphatic hydroxyl groups excluding tert-OH is 4. The SMILES string of the molecule is COc1cc2c(cc1OCc1cc(COc3cc4c(cc3OC)C(=O)N3Cc5ccsc5C[C@H]3C=N4)cc(C[N+](C)(C)Cc3ccc(OS(=O)(=O)Oc4cc(C(=O)NCC(C)(C)COCC(C)(C)Cn5cc(COCC(C)(C)COCC(C)(C)CNC(=O)c6ccc(C(=O)CCS(=O)(=O)c7ccc(C)cc7)cc6)nn5)ccc4O[C@@H]4OC(CO)[C@H](O)[C@H](O)[C@H]4O)cc3)c1)N=CC1Cc3sccc3CN1C2=O. The first-order valence-corrected chi connectivity index (χ1v) is 51.1. The smallest absolute Gasteiger partial charge is 0.493 e. The summed E-state index contributed by atoms with van der Waals surface area (Å²) >= 11 is 3.35. The number of quaternary nitrogens is 1. The minimum atomic E-state index is -5.12. The van der Waals surface area contributed by atoms with Gasteiger partial charge in [0.25, 0.3) is 23.6 Å². The van der Waals surface area contributed by atoms with E-state index in [1.807, 2.05) is 134 Å². The largest absolute Gasteiger partial charge is 0.501 e. The van der Waals surface area contributed by atoms with Crippen LogP contribution < -0.4 is 42.7 Å². The quantitative estimate of drug-likeness (QED) is 0.0153. The zero-order valence-corrected chi connectivity index (χ0v) is 84.4. The second-order valence-corrected chi connectivity index (χ2v) is 45.5. The molecule has 34 nitrogen and oxygen atoms in total. The molecule has 5 aliphatic heterocycles. The minimum absolute atomic E-state index is 0.0542. The Morgan fingerprint density at radius 2 is 1.06 bits per heavy atom. The average Bonchev–Trinajstić information content (AvgIpc) is 1.64. The molecular weight excluding hydrogens is 1890 g/mol. The van der Waals surface area contributed by atoms with Crippen LogP contribution in [0.15, 0.2) is 177 Å². The zero-order chi connectivity index (χ0) is 101. The van der Waals surface area contributed by atoms with Gasteiger partial charge in [0.2, 0.25) is 6.29 Å². The number of amides is 4. The molecular formula is C103H121N10O24S4+. The first-order valence-electron chi connectivity index (χ1n) is 46.4. The van der Waals surface area contributed by atoms with Crippen molar-refractivity contribution in [3.05, 3.63) is 245 Å². The summed E-state index contributed by atoms with van der Waals surface area (Å²) in [5.41, 5.74) is 7.32. The van der Waals surface area contributed by atoms with Gasteiger partial charge < -0.3 is 96.3 Å². The third-order valence-electron chi connectivity index (χ3n) is 24.8. The summed E-state index contributed by atoms with van der Waals surface area (Å²) in [6.07, 6.45) is -2.13. The summed E-state index contributed by atoms with van der Waals surface area (Å²) in [6.45, 7) is 21.3. The Kier molecular flexibility index (Phi) is 31.9. The molecule has 0 bridgehead atoms. The number of Topliss-reactive ketones (excluding diaryl/α,β-unsaturated/α-hetero) is 1. The van der Waals surface area contributed by atoms with Crippen LogP contribution in [0.5, 0.6) is 40.2 Å². The predicted molar refractivity (Wildman–Crippen MR) is 527 cm³/mol. The fourth-order valence-electron chi connectivity index (χ4n) is 17.2. The maximum atomic E-state index is 14.3. The average molecular weight is 2010 g/mol. The molecule has 4 amide bonds. The summed E-state index contributed by atoms with van der Waals surface area (Å²) in [7, 11) is -1.64. The Labute approximate surface area is 828 Å². The molecule has 0 aliphatic carbocycles. The van der Waals surface area contributed by atoms with E-state index in [1.165, 1.54) is 72.5 Å². The summed E-state index contributed by atoms with van der Waals surface area (Å²) in [6, 6.07) is 39.1. The van der Waals surface area contributed by atoms with Crippen molar-refractivity contribution >= 4 is 96.1 Å². The lowest BCUT2D eigenvalue weighted by atomic mass is 9.93. The molecule has 15 rings (SSSR count). The molecule has 10 aromatic rings. The monoisotopic (exact) mass is 2010 g/mol. The van der Waals surface area contributed by atoms with Gasteiger partial charge in [0.1, 0.15) is 62.2 Å². The number of carbonyl (C=O) groups is 5. The van der Waals surface area contributed by atoms with Crippen molar-refractivity contribution < 1.29 is 117 Å². The molecule has 1 saturated heterocycles. The fourth-order valence-corrected chi connectivity index (χ4v) is 21.1. The van der Waals surface area contributed by atoms with Crippen LogP contribution >= 0.6 is 22.7 Å². The van der Waals surface area contributed by atoms with E-state index in [-0.39, 0.29) is 104 Å². The summed E-state index contributed by atoms with van der Waals surface area (Å²) in [5, 5.41) is 61.0. The minimum Gasteiger partial charge on any atom is -0.493 e. The second-order valence-electron chi connectivity index (χ2n) is 40.2. The Hall–Kier alpha value is -11.9. The Morgan fingerprint density at radius 1 is 0.546 bits per heavy atom. The number of carbonyl (C=O) groups excluding carboxylic acids is 5. The van der Waals surface area contributed by atoms with Crippen molar-refractivity contribution in [2.45, 2.75) is 182 Å². The maximum absolute atomic E-state index is 14.3. The van der Waals surface area contributed by atoms with Gasteiger partial charge in [-0.05, 0) is 149 Å². The van der Waals surface area contributed by atoms with Crippen molar-refractivity contribution in [1.29, 1.82) is 0 Å². The van der Waals surface area contributed by atoms with Gasteiger partial charge in [-0.3, -0.25) is 38.6 Å². The molecule has 7 aromatic carbocycles.